The van der Waals surface area contributed by atoms with E-state index in [1.165, 1.54) is 23.2 Å². The highest BCUT2D eigenvalue weighted by Gasteiger charge is 2.23. The third-order valence-corrected chi connectivity index (χ3v) is 6.01. The molecule has 4 rings (SSSR count). The number of hydrogen-bond donors (Lipinski definition) is 0. The van der Waals surface area contributed by atoms with Gasteiger partial charge in [0.05, 0.1) is 17.1 Å². The zero-order valence-electron chi connectivity index (χ0n) is 17.9. The van der Waals surface area contributed by atoms with E-state index in [0.29, 0.717) is 16.7 Å². The van der Waals surface area contributed by atoms with E-state index in [1.54, 1.807) is 12.3 Å². The number of fused-ring (bicyclic) bond motifs is 1. The minimum absolute atomic E-state index is 0.159. The molecule has 0 saturated carbocycles. The summed E-state index contributed by atoms with van der Waals surface area (Å²) in [6, 6.07) is 12.0. The van der Waals surface area contributed by atoms with Crippen LogP contribution in [0.25, 0.3) is 10.9 Å². The van der Waals surface area contributed by atoms with Crippen molar-refractivity contribution in [2.45, 2.75) is 46.0 Å². The Morgan fingerprint density at radius 1 is 1.10 bits per heavy atom. The molecule has 5 nitrogen and oxygen atoms in total. The summed E-state index contributed by atoms with van der Waals surface area (Å²) in [5.41, 5.74) is 3.60. The van der Waals surface area contributed by atoms with Crippen LogP contribution in [0, 0.1) is 6.92 Å². The highest BCUT2D eigenvalue weighted by atomic mass is 79.9. The van der Waals surface area contributed by atoms with Gasteiger partial charge in [0.25, 0.3) is 5.56 Å². The average molecular weight is 467 g/mol. The first kappa shape index (κ1) is 20.8. The zero-order valence-corrected chi connectivity index (χ0v) is 19.5. The predicted octanol–water partition coefficient (Wildman–Crippen LogP) is 5.25. The number of halogens is 1. The van der Waals surface area contributed by atoms with Gasteiger partial charge in [-0.2, -0.15) is 9.78 Å². The van der Waals surface area contributed by atoms with Gasteiger partial charge in [0.15, 0.2) is 0 Å². The van der Waals surface area contributed by atoms with Crippen LogP contribution in [0.1, 0.15) is 50.6 Å². The van der Waals surface area contributed by atoms with Gasteiger partial charge in [0.2, 0.25) is 0 Å². The van der Waals surface area contributed by atoms with E-state index in [4.69, 9.17) is 4.98 Å². The third-order valence-electron chi connectivity index (χ3n) is 5.52. The van der Waals surface area contributed by atoms with Crippen molar-refractivity contribution in [3.63, 3.8) is 0 Å². The Bertz CT molecular complexity index is 1180. The summed E-state index contributed by atoms with van der Waals surface area (Å²) in [5.74, 6) is 0.643. The Balaban J connectivity index is 1.78. The Morgan fingerprint density at radius 3 is 2.50 bits per heavy atom. The molecule has 6 heteroatoms. The van der Waals surface area contributed by atoms with Gasteiger partial charge in [-0.15, -0.1) is 0 Å². The quantitative estimate of drug-likeness (QED) is 0.495. The number of nitrogens with zero attached hydrogens (tertiary/aromatic N) is 4. The van der Waals surface area contributed by atoms with E-state index in [2.05, 4.69) is 51.1 Å². The molecule has 0 amide bonds. The molecule has 156 valence electrons. The highest BCUT2D eigenvalue weighted by Crippen LogP contribution is 2.24. The molecule has 0 spiro atoms. The molecule has 1 saturated heterocycles. The molecule has 0 atom stereocenters. The van der Waals surface area contributed by atoms with Gasteiger partial charge < -0.3 is 4.90 Å². The second-order valence-electron chi connectivity index (χ2n) is 8.94. The van der Waals surface area contributed by atoms with Crippen LogP contribution in [-0.2, 0) is 5.41 Å². The topological polar surface area (TPSA) is 50.5 Å². The molecule has 1 aromatic heterocycles. The van der Waals surface area contributed by atoms with Crippen LogP contribution in [0.15, 0.2) is 50.8 Å². The summed E-state index contributed by atoms with van der Waals surface area (Å²) in [6.45, 7) is 10.5. The van der Waals surface area contributed by atoms with Crippen molar-refractivity contribution in [2.24, 2.45) is 5.10 Å². The molecule has 1 aliphatic rings. The van der Waals surface area contributed by atoms with E-state index < -0.39 is 0 Å². The second-order valence-corrected chi connectivity index (χ2v) is 9.86. The largest absolute Gasteiger partial charge is 0.372 e. The third kappa shape index (κ3) is 4.06. The number of hydrogen-bond acceptors (Lipinski definition) is 4. The second kappa shape index (κ2) is 7.99. The van der Waals surface area contributed by atoms with Crippen LogP contribution in [0.3, 0.4) is 0 Å². The van der Waals surface area contributed by atoms with Crippen LogP contribution in [-0.4, -0.2) is 29.0 Å². The van der Waals surface area contributed by atoms with E-state index in [9.17, 15) is 4.79 Å². The summed E-state index contributed by atoms with van der Waals surface area (Å²) in [5, 5.41) is 5.15. The van der Waals surface area contributed by atoms with E-state index in [0.717, 1.165) is 28.7 Å². The maximum absolute atomic E-state index is 13.3. The Labute approximate surface area is 185 Å². The van der Waals surface area contributed by atoms with Crippen molar-refractivity contribution in [3.05, 3.63) is 68.2 Å². The molecule has 1 aliphatic heterocycles. The lowest BCUT2D eigenvalue weighted by atomic mass is 9.95. The average Bonchev–Trinajstić information content (AvgIpc) is 3.22. The predicted molar refractivity (Wildman–Crippen MR) is 128 cm³/mol. The highest BCUT2D eigenvalue weighted by molar-refractivity contribution is 9.10. The van der Waals surface area contributed by atoms with Crippen molar-refractivity contribution in [2.75, 3.05) is 18.0 Å². The fourth-order valence-electron chi connectivity index (χ4n) is 3.84. The molecule has 3 aromatic rings. The molecule has 0 aliphatic carbocycles. The SMILES string of the molecule is Cc1cc(N2CCCC2)ccc1C=Nn1c(C(C)(C)C)nc2ccc(Br)cc2c1=O. The standard InChI is InChI=1S/C24H27BrN4O/c1-16-13-19(28-11-5-6-12-28)9-7-17(16)15-26-29-22(30)20-14-18(25)8-10-21(20)27-23(29)24(2,3)4/h7-10,13-15H,5-6,11-12H2,1-4H3. The van der Waals surface area contributed by atoms with Crippen LogP contribution < -0.4 is 10.5 Å². The van der Waals surface area contributed by atoms with Crippen LogP contribution in [0.5, 0.6) is 0 Å². The van der Waals surface area contributed by atoms with Crippen molar-refractivity contribution in [1.29, 1.82) is 0 Å². The first-order valence-electron chi connectivity index (χ1n) is 10.4. The number of aromatic nitrogens is 2. The fraction of sp³-hybridized carbons (Fsp3) is 0.375. The smallest absolute Gasteiger partial charge is 0.282 e. The zero-order chi connectivity index (χ0) is 21.5. The van der Waals surface area contributed by atoms with Crippen LogP contribution >= 0.6 is 15.9 Å². The van der Waals surface area contributed by atoms with Gasteiger partial charge in [-0.1, -0.05) is 42.8 Å². The molecular formula is C24H27BrN4O. The van der Waals surface area contributed by atoms with E-state index >= 15 is 0 Å². The van der Waals surface area contributed by atoms with Gasteiger partial charge in [-0.05, 0) is 61.2 Å². The summed E-state index contributed by atoms with van der Waals surface area (Å²) in [4.78, 5) is 20.5. The summed E-state index contributed by atoms with van der Waals surface area (Å²) >= 11 is 3.45. The lowest BCUT2D eigenvalue weighted by Gasteiger charge is -2.21. The lowest BCUT2D eigenvalue weighted by molar-refractivity contribution is 0.506. The first-order valence-corrected chi connectivity index (χ1v) is 11.2. The minimum Gasteiger partial charge on any atom is -0.372 e. The maximum atomic E-state index is 13.3. The first-order chi connectivity index (χ1) is 14.2. The molecule has 2 aromatic carbocycles. The fourth-order valence-corrected chi connectivity index (χ4v) is 4.20. The molecule has 0 N–H and O–H groups in total. The number of anilines is 1. The van der Waals surface area contributed by atoms with Crippen molar-refractivity contribution in [3.8, 4) is 0 Å². The molecule has 1 fully saturated rings. The summed E-state index contributed by atoms with van der Waals surface area (Å²) < 4.78 is 2.30. The van der Waals surface area contributed by atoms with E-state index in [1.807, 2.05) is 32.9 Å². The molecule has 0 unspecified atom stereocenters. The van der Waals surface area contributed by atoms with Crippen molar-refractivity contribution < 1.29 is 0 Å². The Morgan fingerprint density at radius 2 is 1.83 bits per heavy atom. The van der Waals surface area contributed by atoms with E-state index in [-0.39, 0.29) is 11.0 Å². The Kier molecular flexibility index (Phi) is 5.53. The molecule has 0 radical (unpaired) electrons. The summed E-state index contributed by atoms with van der Waals surface area (Å²) in [7, 11) is 0. The monoisotopic (exact) mass is 466 g/mol. The molecular weight excluding hydrogens is 440 g/mol. The number of rotatable bonds is 3. The van der Waals surface area contributed by atoms with Gasteiger partial charge in [0.1, 0.15) is 5.82 Å². The van der Waals surface area contributed by atoms with Crippen molar-refractivity contribution in [1.82, 2.24) is 9.66 Å². The van der Waals surface area contributed by atoms with Crippen molar-refractivity contribution >= 4 is 38.7 Å². The number of aryl methyl sites for hydroxylation is 1. The van der Waals surface area contributed by atoms with Gasteiger partial charge >= 0.3 is 0 Å². The van der Waals surface area contributed by atoms with Gasteiger partial charge in [0, 0.05) is 28.7 Å². The van der Waals surface area contributed by atoms with Gasteiger partial charge in [-0.25, -0.2) is 4.98 Å². The molecule has 30 heavy (non-hydrogen) atoms. The summed E-state index contributed by atoms with van der Waals surface area (Å²) in [6.07, 6.45) is 4.28. The maximum Gasteiger partial charge on any atom is 0.282 e. The van der Waals surface area contributed by atoms with Crippen LogP contribution in [0.4, 0.5) is 5.69 Å². The molecule has 0 bridgehead atoms. The minimum atomic E-state index is -0.327. The Hall–Kier alpha value is -2.47. The van der Waals surface area contributed by atoms with Gasteiger partial charge in [-0.3, -0.25) is 4.79 Å². The number of benzene rings is 2. The molecule has 2 heterocycles. The van der Waals surface area contributed by atoms with Crippen LogP contribution in [0.2, 0.25) is 0 Å². The lowest BCUT2D eigenvalue weighted by Crippen LogP contribution is -2.29. The normalized spacial score (nSPS) is 14.9.